The Bertz CT molecular complexity index is 812. The van der Waals surface area contributed by atoms with E-state index in [0.717, 1.165) is 29.0 Å². The molecule has 0 fully saturated rings. The van der Waals surface area contributed by atoms with E-state index in [1.807, 2.05) is 30.5 Å². The van der Waals surface area contributed by atoms with Gasteiger partial charge in [-0.1, -0.05) is 30.3 Å². The number of benzene rings is 1. The number of hydrogen-bond donors (Lipinski definition) is 0. The van der Waals surface area contributed by atoms with Crippen LogP contribution in [0, 0.1) is 11.3 Å². The summed E-state index contributed by atoms with van der Waals surface area (Å²) in [5.74, 6) is 0.887. The highest BCUT2D eigenvalue weighted by Gasteiger charge is 2.49. The smallest absolute Gasteiger partial charge is 0.156 e. The quantitative estimate of drug-likeness (QED) is 0.718. The topological polar surface area (TPSA) is 54.6 Å². The summed E-state index contributed by atoms with van der Waals surface area (Å²) >= 11 is 0. The third-order valence-corrected chi connectivity index (χ3v) is 4.61. The van der Waals surface area contributed by atoms with Gasteiger partial charge in [-0.05, 0) is 17.7 Å². The molecule has 0 radical (unpaired) electrons. The van der Waals surface area contributed by atoms with E-state index < -0.39 is 5.60 Å². The lowest BCUT2D eigenvalue weighted by Crippen LogP contribution is -2.26. The van der Waals surface area contributed by atoms with E-state index in [1.165, 1.54) is 5.56 Å². The lowest BCUT2D eigenvalue weighted by Gasteiger charge is -2.23. The molecule has 1 aromatic carbocycles. The van der Waals surface area contributed by atoms with Gasteiger partial charge in [0, 0.05) is 36.6 Å². The molecule has 4 nitrogen and oxygen atoms in total. The van der Waals surface area contributed by atoms with Crippen molar-refractivity contribution in [2.24, 2.45) is 4.99 Å². The molecular weight excluding hydrogens is 300 g/mol. The van der Waals surface area contributed by atoms with Crippen LogP contribution in [-0.2, 0) is 16.1 Å². The maximum Gasteiger partial charge on any atom is 0.156 e. The maximum absolute atomic E-state index is 8.87. The number of aliphatic imine (C=N–C) groups is 1. The van der Waals surface area contributed by atoms with E-state index >= 15 is 0 Å². The molecule has 0 spiro atoms. The van der Waals surface area contributed by atoms with Crippen LogP contribution in [0.25, 0.3) is 0 Å². The fraction of sp³-hybridized carbons (Fsp3) is 0.300. The second-order valence-corrected chi connectivity index (χ2v) is 6.13. The molecule has 1 aromatic rings. The van der Waals surface area contributed by atoms with Crippen molar-refractivity contribution < 1.29 is 9.47 Å². The van der Waals surface area contributed by atoms with E-state index in [4.69, 9.17) is 14.7 Å². The molecule has 2 bridgehead atoms. The van der Waals surface area contributed by atoms with Crippen LogP contribution in [0.1, 0.15) is 24.8 Å². The van der Waals surface area contributed by atoms with Crippen LogP contribution in [0.4, 0.5) is 0 Å². The number of nitrogens with zero attached hydrogens (tertiary/aromatic N) is 2. The fourth-order valence-corrected chi connectivity index (χ4v) is 3.41. The van der Waals surface area contributed by atoms with Crippen molar-refractivity contribution in [2.45, 2.75) is 31.5 Å². The predicted molar refractivity (Wildman–Crippen MR) is 91.1 cm³/mol. The predicted octanol–water partition coefficient (Wildman–Crippen LogP) is 3.83. The Morgan fingerprint density at radius 1 is 1.25 bits per heavy atom. The number of hydrogen-bond acceptors (Lipinski definition) is 4. The molecule has 4 rings (SSSR count). The Morgan fingerprint density at radius 3 is 2.96 bits per heavy atom. The van der Waals surface area contributed by atoms with Crippen LogP contribution in [0.5, 0.6) is 0 Å². The molecule has 0 saturated carbocycles. The monoisotopic (exact) mass is 318 g/mol. The van der Waals surface area contributed by atoms with Gasteiger partial charge in [0.25, 0.3) is 0 Å². The third kappa shape index (κ3) is 2.47. The zero-order valence-corrected chi connectivity index (χ0v) is 13.4. The first kappa shape index (κ1) is 14.9. The van der Waals surface area contributed by atoms with Gasteiger partial charge in [-0.15, -0.1) is 0 Å². The fourth-order valence-electron chi connectivity index (χ4n) is 3.41. The molecule has 0 aliphatic carbocycles. The normalized spacial score (nSPS) is 23.0. The molecule has 4 heteroatoms. The Balaban J connectivity index is 1.35. The minimum atomic E-state index is -0.462. The molecule has 1 atom stereocenters. The van der Waals surface area contributed by atoms with Gasteiger partial charge < -0.3 is 9.47 Å². The van der Waals surface area contributed by atoms with E-state index in [2.05, 4.69) is 29.3 Å². The summed E-state index contributed by atoms with van der Waals surface area (Å²) in [5.41, 5.74) is 3.95. The molecule has 0 aromatic heterocycles. The number of allylic oxidation sites excluding steroid dienone is 1. The minimum Gasteiger partial charge on any atom is -0.478 e. The molecule has 3 heterocycles. The van der Waals surface area contributed by atoms with Crippen LogP contribution in [0.2, 0.25) is 0 Å². The van der Waals surface area contributed by atoms with E-state index in [1.54, 1.807) is 0 Å². The van der Waals surface area contributed by atoms with E-state index in [0.29, 0.717) is 26.1 Å². The summed E-state index contributed by atoms with van der Waals surface area (Å²) in [6.07, 6.45) is 7.87. The number of rotatable bonds is 7. The van der Waals surface area contributed by atoms with Crippen LogP contribution >= 0.6 is 0 Å². The van der Waals surface area contributed by atoms with Gasteiger partial charge in [-0.2, -0.15) is 5.26 Å². The summed E-state index contributed by atoms with van der Waals surface area (Å²) < 4.78 is 11.8. The molecule has 3 aliphatic heterocycles. The number of fused-ring (bicyclic) bond motifs is 4. The Kier molecular flexibility index (Phi) is 3.79. The summed E-state index contributed by atoms with van der Waals surface area (Å²) in [5, 5.41) is 8.87. The van der Waals surface area contributed by atoms with Crippen molar-refractivity contribution in [3.05, 3.63) is 71.2 Å². The van der Waals surface area contributed by atoms with Crippen molar-refractivity contribution in [2.75, 3.05) is 6.61 Å². The maximum atomic E-state index is 8.87. The molecule has 0 N–H and O–H groups in total. The lowest BCUT2D eigenvalue weighted by molar-refractivity contribution is 0.114. The van der Waals surface area contributed by atoms with Gasteiger partial charge in [-0.3, -0.25) is 4.99 Å². The van der Waals surface area contributed by atoms with E-state index in [-0.39, 0.29) is 0 Å². The number of nitriles is 1. The van der Waals surface area contributed by atoms with Gasteiger partial charge in [0.2, 0.25) is 0 Å². The van der Waals surface area contributed by atoms with Crippen LogP contribution in [-0.4, -0.2) is 17.9 Å². The Hall–Kier alpha value is -2.64. The second kappa shape index (κ2) is 6.10. The first-order valence-corrected chi connectivity index (χ1v) is 8.22. The summed E-state index contributed by atoms with van der Waals surface area (Å²) in [4.78, 5) is 4.57. The molecule has 0 saturated heterocycles. The van der Waals surface area contributed by atoms with E-state index in [9.17, 15) is 0 Å². The Morgan fingerprint density at radius 2 is 2.12 bits per heavy atom. The zero-order valence-electron chi connectivity index (χ0n) is 13.4. The molecular formula is C20H18N2O2. The average molecular weight is 318 g/mol. The van der Waals surface area contributed by atoms with Crippen LogP contribution < -0.4 is 0 Å². The van der Waals surface area contributed by atoms with Crippen molar-refractivity contribution in [3.8, 4) is 6.07 Å². The van der Waals surface area contributed by atoms with Gasteiger partial charge >= 0.3 is 0 Å². The average Bonchev–Trinajstić information content (AvgIpc) is 3.30. The van der Waals surface area contributed by atoms with Crippen molar-refractivity contribution in [3.63, 3.8) is 0 Å². The molecule has 0 amide bonds. The van der Waals surface area contributed by atoms with Crippen molar-refractivity contribution in [1.82, 2.24) is 0 Å². The van der Waals surface area contributed by atoms with Crippen molar-refractivity contribution in [1.29, 1.82) is 5.26 Å². The van der Waals surface area contributed by atoms with Gasteiger partial charge in [-0.25, -0.2) is 0 Å². The highest BCUT2D eigenvalue weighted by molar-refractivity contribution is 6.09. The second-order valence-electron chi connectivity index (χ2n) is 6.13. The highest BCUT2D eigenvalue weighted by Crippen LogP contribution is 2.50. The molecule has 3 aliphatic rings. The summed E-state index contributed by atoms with van der Waals surface area (Å²) in [6, 6.07) is 12.4. The van der Waals surface area contributed by atoms with Gasteiger partial charge in [0.05, 0.1) is 25.0 Å². The summed E-state index contributed by atoms with van der Waals surface area (Å²) in [6.45, 7) is 1.24. The lowest BCUT2D eigenvalue weighted by atomic mass is 9.83. The number of ether oxygens (including phenoxy) is 2. The van der Waals surface area contributed by atoms with Crippen molar-refractivity contribution >= 4 is 5.71 Å². The molecule has 1 unspecified atom stereocenters. The summed E-state index contributed by atoms with van der Waals surface area (Å²) in [7, 11) is 0. The Labute approximate surface area is 141 Å². The highest BCUT2D eigenvalue weighted by atomic mass is 16.5. The van der Waals surface area contributed by atoms with Crippen LogP contribution in [0.3, 0.4) is 0 Å². The van der Waals surface area contributed by atoms with Gasteiger partial charge in [0.15, 0.2) is 5.60 Å². The first-order chi connectivity index (χ1) is 11.8. The van der Waals surface area contributed by atoms with Gasteiger partial charge in [0.1, 0.15) is 5.76 Å². The molecule has 120 valence electrons. The largest absolute Gasteiger partial charge is 0.478 e. The SMILES string of the molecule is N#CCCC12C=CC(=C3C1=CN=C3CCOCc1ccccc1)O2. The first-order valence-electron chi connectivity index (χ1n) is 8.22. The zero-order chi connectivity index (χ0) is 16.4. The molecule has 24 heavy (non-hydrogen) atoms. The third-order valence-electron chi connectivity index (χ3n) is 4.61. The standard InChI is InChI=1S/C20H18N2O2/c21-11-4-9-20-10-7-18(24-20)19-16(20)13-22-17(19)8-12-23-14-15-5-2-1-3-6-15/h1-3,5-7,10,13H,4,8-9,12,14H2. The van der Waals surface area contributed by atoms with Crippen LogP contribution in [0.15, 0.2) is 70.6 Å². The minimum absolute atomic E-state index is 0.462.